The zero-order valence-corrected chi connectivity index (χ0v) is 15.6. The number of halogens is 1. The Kier molecular flexibility index (Phi) is 5.48. The first-order chi connectivity index (χ1) is 13.2. The van der Waals surface area contributed by atoms with Crippen molar-refractivity contribution < 1.29 is 19.0 Å². The monoisotopic (exact) mass is 388 g/mol. The highest BCUT2D eigenvalue weighted by molar-refractivity contribution is 6.32. The van der Waals surface area contributed by atoms with Crippen molar-refractivity contribution >= 4 is 17.5 Å². The van der Waals surface area contributed by atoms with Crippen LogP contribution in [0.25, 0.3) is 0 Å². The maximum atomic E-state index is 12.9. The number of nitrogens with zero attached hydrogens (tertiary/aromatic N) is 1. The standard InChI is InChI=1S/C20H21ClN2O4/c21-16-10-15(11-18-19(16)27-13-26-18)20(24)22-17(14-4-2-1-3-5-14)12-23-6-8-25-9-7-23/h1-5,10-11,17H,6-9,12-13H2,(H,22,24)/t17-/m0/s1. The molecule has 2 heterocycles. The molecule has 0 aliphatic carbocycles. The smallest absolute Gasteiger partial charge is 0.252 e. The summed E-state index contributed by atoms with van der Waals surface area (Å²) in [6, 6.07) is 13.1. The second-order valence-corrected chi connectivity index (χ2v) is 6.95. The summed E-state index contributed by atoms with van der Waals surface area (Å²) in [5.74, 6) is 0.788. The number of fused-ring (bicyclic) bond motifs is 1. The van der Waals surface area contributed by atoms with Gasteiger partial charge in [-0.3, -0.25) is 9.69 Å². The summed E-state index contributed by atoms with van der Waals surface area (Å²) in [5, 5.41) is 3.51. The summed E-state index contributed by atoms with van der Waals surface area (Å²) in [6.07, 6.45) is 0. The lowest BCUT2D eigenvalue weighted by molar-refractivity contribution is 0.0332. The number of hydrogen-bond acceptors (Lipinski definition) is 5. The van der Waals surface area contributed by atoms with E-state index in [-0.39, 0.29) is 18.7 Å². The molecule has 2 aromatic carbocycles. The average Bonchev–Trinajstić information content (AvgIpc) is 3.18. The Balaban J connectivity index is 1.53. The largest absolute Gasteiger partial charge is 0.454 e. The van der Waals surface area contributed by atoms with Gasteiger partial charge in [0.25, 0.3) is 5.91 Å². The molecule has 0 spiro atoms. The molecule has 2 aliphatic rings. The first-order valence-corrected chi connectivity index (χ1v) is 9.33. The van der Waals surface area contributed by atoms with E-state index in [1.54, 1.807) is 12.1 Å². The second kappa shape index (κ2) is 8.17. The molecular formula is C20H21ClN2O4. The lowest BCUT2D eigenvalue weighted by atomic mass is 10.0. The number of ether oxygens (including phenoxy) is 3. The Morgan fingerprint density at radius 3 is 2.70 bits per heavy atom. The molecular weight excluding hydrogens is 368 g/mol. The van der Waals surface area contributed by atoms with E-state index in [0.29, 0.717) is 35.3 Å². The molecule has 1 saturated heterocycles. The molecule has 0 saturated carbocycles. The Hall–Kier alpha value is -2.28. The van der Waals surface area contributed by atoms with Crippen LogP contribution in [0.4, 0.5) is 0 Å². The first kappa shape index (κ1) is 18.1. The quantitative estimate of drug-likeness (QED) is 0.853. The van der Waals surface area contributed by atoms with Crippen molar-refractivity contribution in [2.45, 2.75) is 6.04 Å². The minimum atomic E-state index is -0.197. The van der Waals surface area contributed by atoms with Crippen LogP contribution in [0, 0.1) is 0 Å². The van der Waals surface area contributed by atoms with E-state index in [0.717, 1.165) is 25.2 Å². The molecule has 27 heavy (non-hydrogen) atoms. The lowest BCUT2D eigenvalue weighted by Crippen LogP contribution is -2.43. The fourth-order valence-corrected chi connectivity index (χ4v) is 3.57. The van der Waals surface area contributed by atoms with Gasteiger partial charge in [-0.25, -0.2) is 0 Å². The SMILES string of the molecule is O=C(N[C@@H](CN1CCOCC1)c1ccccc1)c1cc(Cl)c2c(c1)OCO2. The highest BCUT2D eigenvalue weighted by Gasteiger charge is 2.24. The van der Waals surface area contributed by atoms with Crippen molar-refractivity contribution in [3.05, 3.63) is 58.6 Å². The fourth-order valence-electron chi connectivity index (χ4n) is 3.30. The van der Waals surface area contributed by atoms with Crippen molar-refractivity contribution in [1.82, 2.24) is 10.2 Å². The number of rotatable bonds is 5. The zero-order valence-electron chi connectivity index (χ0n) is 14.8. The van der Waals surface area contributed by atoms with Gasteiger partial charge in [-0.1, -0.05) is 41.9 Å². The number of nitrogens with one attached hydrogen (secondary N) is 1. The Labute approximate surface area is 163 Å². The maximum absolute atomic E-state index is 12.9. The van der Waals surface area contributed by atoms with E-state index in [2.05, 4.69) is 10.2 Å². The molecule has 7 heteroatoms. The van der Waals surface area contributed by atoms with Gasteiger partial charge < -0.3 is 19.5 Å². The van der Waals surface area contributed by atoms with E-state index in [9.17, 15) is 4.79 Å². The van der Waals surface area contributed by atoms with Gasteiger partial charge in [-0.15, -0.1) is 0 Å². The normalized spacial score (nSPS) is 17.5. The van der Waals surface area contributed by atoms with Crippen LogP contribution in [0.15, 0.2) is 42.5 Å². The fraction of sp³-hybridized carbons (Fsp3) is 0.350. The van der Waals surface area contributed by atoms with Crippen molar-refractivity contribution in [3.8, 4) is 11.5 Å². The van der Waals surface area contributed by atoms with Gasteiger partial charge in [0.2, 0.25) is 6.79 Å². The van der Waals surface area contributed by atoms with E-state index < -0.39 is 0 Å². The van der Waals surface area contributed by atoms with Crippen LogP contribution in [-0.4, -0.2) is 50.4 Å². The highest BCUT2D eigenvalue weighted by Crippen LogP contribution is 2.39. The van der Waals surface area contributed by atoms with Gasteiger partial charge in [0.15, 0.2) is 11.5 Å². The lowest BCUT2D eigenvalue weighted by Gasteiger charge is -2.31. The van der Waals surface area contributed by atoms with Crippen LogP contribution in [0.5, 0.6) is 11.5 Å². The number of hydrogen-bond donors (Lipinski definition) is 1. The van der Waals surface area contributed by atoms with Crippen LogP contribution in [0.3, 0.4) is 0 Å². The summed E-state index contributed by atoms with van der Waals surface area (Å²) in [5.41, 5.74) is 1.51. The molecule has 2 aromatic rings. The molecule has 0 bridgehead atoms. The van der Waals surface area contributed by atoms with E-state index in [1.807, 2.05) is 30.3 Å². The molecule has 2 aliphatic heterocycles. The second-order valence-electron chi connectivity index (χ2n) is 6.54. The Morgan fingerprint density at radius 2 is 1.93 bits per heavy atom. The van der Waals surface area contributed by atoms with Crippen LogP contribution in [0.2, 0.25) is 5.02 Å². The predicted octanol–water partition coefficient (Wildman–Crippen LogP) is 2.87. The maximum Gasteiger partial charge on any atom is 0.252 e. The average molecular weight is 389 g/mol. The van der Waals surface area contributed by atoms with Gasteiger partial charge in [0, 0.05) is 25.2 Å². The predicted molar refractivity (Wildman–Crippen MR) is 101 cm³/mol. The zero-order chi connectivity index (χ0) is 18.6. The van der Waals surface area contributed by atoms with Crippen LogP contribution >= 0.6 is 11.6 Å². The molecule has 1 atom stereocenters. The van der Waals surface area contributed by atoms with Crippen LogP contribution in [0.1, 0.15) is 22.0 Å². The third-order valence-corrected chi connectivity index (χ3v) is 5.02. The molecule has 142 valence electrons. The number of carbonyl (C=O) groups is 1. The molecule has 6 nitrogen and oxygen atoms in total. The molecule has 0 radical (unpaired) electrons. The van der Waals surface area contributed by atoms with Crippen molar-refractivity contribution in [2.75, 3.05) is 39.6 Å². The summed E-state index contributed by atoms with van der Waals surface area (Å²) in [4.78, 5) is 15.2. The van der Waals surface area contributed by atoms with Crippen molar-refractivity contribution in [1.29, 1.82) is 0 Å². The van der Waals surface area contributed by atoms with E-state index >= 15 is 0 Å². The first-order valence-electron chi connectivity index (χ1n) is 8.96. The van der Waals surface area contributed by atoms with Gasteiger partial charge in [-0.2, -0.15) is 0 Å². The molecule has 1 N–H and O–H groups in total. The summed E-state index contributed by atoms with van der Waals surface area (Å²) < 4.78 is 16.1. The molecule has 1 fully saturated rings. The third kappa shape index (κ3) is 4.18. The molecule has 0 unspecified atom stereocenters. The van der Waals surface area contributed by atoms with Crippen LogP contribution < -0.4 is 14.8 Å². The molecule has 0 aromatic heterocycles. The van der Waals surface area contributed by atoms with Gasteiger partial charge >= 0.3 is 0 Å². The van der Waals surface area contributed by atoms with Gasteiger partial charge in [-0.05, 0) is 17.7 Å². The molecule has 1 amide bonds. The topological polar surface area (TPSA) is 60.0 Å². The summed E-state index contributed by atoms with van der Waals surface area (Å²) in [7, 11) is 0. The molecule has 4 rings (SSSR count). The third-order valence-electron chi connectivity index (χ3n) is 4.74. The van der Waals surface area contributed by atoms with Gasteiger partial charge in [0.1, 0.15) is 0 Å². The van der Waals surface area contributed by atoms with E-state index in [4.69, 9.17) is 25.8 Å². The van der Waals surface area contributed by atoms with Crippen molar-refractivity contribution in [2.24, 2.45) is 0 Å². The minimum Gasteiger partial charge on any atom is -0.454 e. The van der Waals surface area contributed by atoms with Crippen LogP contribution in [-0.2, 0) is 4.74 Å². The highest BCUT2D eigenvalue weighted by atomic mass is 35.5. The summed E-state index contributed by atoms with van der Waals surface area (Å²) in [6.45, 7) is 3.98. The number of amides is 1. The minimum absolute atomic E-state index is 0.115. The summed E-state index contributed by atoms with van der Waals surface area (Å²) >= 11 is 6.22. The number of morpholine rings is 1. The van der Waals surface area contributed by atoms with E-state index in [1.165, 1.54) is 0 Å². The Bertz CT molecular complexity index is 809. The number of carbonyl (C=O) groups excluding carboxylic acids is 1. The Morgan fingerprint density at radius 1 is 1.15 bits per heavy atom. The number of benzene rings is 2. The van der Waals surface area contributed by atoms with Gasteiger partial charge in [0.05, 0.1) is 24.3 Å². The van der Waals surface area contributed by atoms with Crippen molar-refractivity contribution in [3.63, 3.8) is 0 Å².